The summed E-state index contributed by atoms with van der Waals surface area (Å²) in [6.07, 6.45) is 14.1. The van der Waals surface area contributed by atoms with Gasteiger partial charge in [0.25, 0.3) is 11.8 Å². The minimum Gasteiger partial charge on any atom is -0.321 e. The minimum absolute atomic E-state index is 0.235. The van der Waals surface area contributed by atoms with Crippen molar-refractivity contribution in [1.29, 1.82) is 0 Å². The van der Waals surface area contributed by atoms with Crippen LogP contribution in [-0.2, 0) is 0 Å². The van der Waals surface area contributed by atoms with E-state index in [1.807, 2.05) is 38.2 Å². The van der Waals surface area contributed by atoms with Crippen molar-refractivity contribution in [3.63, 3.8) is 0 Å². The standard InChI is InChI=1S/C30H27ClN4O2/c1-5-9-10-21(8-4)28-14-12-26(19-33-28)35-30(37)23-15-22(16-24(31)17-23)29(36)34-25-11-13-27(32-18-25)20(6-2)7-3/h5-19H,2,4H2,1,3H3,(H,34,36)(H,35,37)/b9-5-,20-7+,21-10+. The Labute approximate surface area is 221 Å². The second-order valence-corrected chi connectivity index (χ2v) is 8.24. The summed E-state index contributed by atoms with van der Waals surface area (Å²) in [5.74, 6) is -0.842. The molecule has 0 atom stereocenters. The maximum atomic E-state index is 12.9. The lowest BCUT2D eigenvalue weighted by Crippen LogP contribution is -2.16. The monoisotopic (exact) mass is 510 g/mol. The predicted octanol–water partition coefficient (Wildman–Crippen LogP) is 7.37. The molecule has 0 unspecified atom stereocenters. The number of allylic oxidation sites excluding steroid dienone is 8. The molecule has 0 fully saturated rings. The number of carbonyl (C=O) groups excluding carboxylic acids is 2. The van der Waals surface area contributed by atoms with Gasteiger partial charge in [0.1, 0.15) is 0 Å². The first-order chi connectivity index (χ1) is 17.9. The van der Waals surface area contributed by atoms with Crippen molar-refractivity contribution in [3.05, 3.63) is 132 Å². The molecule has 3 rings (SSSR count). The molecule has 6 nitrogen and oxygen atoms in total. The van der Waals surface area contributed by atoms with Crippen molar-refractivity contribution < 1.29 is 9.59 Å². The molecule has 0 radical (unpaired) electrons. The zero-order chi connectivity index (χ0) is 26.8. The first kappa shape index (κ1) is 27.0. The summed E-state index contributed by atoms with van der Waals surface area (Å²) in [7, 11) is 0. The quantitative estimate of drug-likeness (QED) is 0.294. The topological polar surface area (TPSA) is 84.0 Å². The van der Waals surface area contributed by atoms with E-state index in [-0.39, 0.29) is 16.1 Å². The van der Waals surface area contributed by atoms with Crippen LogP contribution < -0.4 is 10.6 Å². The minimum atomic E-state index is -0.422. The fourth-order valence-electron chi connectivity index (χ4n) is 3.36. The number of pyridine rings is 2. The smallest absolute Gasteiger partial charge is 0.255 e. The summed E-state index contributed by atoms with van der Waals surface area (Å²) in [4.78, 5) is 34.5. The number of nitrogens with zero attached hydrogens (tertiary/aromatic N) is 2. The Hall–Kier alpha value is -4.55. The molecular weight excluding hydrogens is 484 g/mol. The van der Waals surface area contributed by atoms with Crippen LogP contribution in [0.3, 0.4) is 0 Å². The summed E-state index contributed by atoms with van der Waals surface area (Å²) in [5.41, 5.74) is 4.69. The summed E-state index contributed by atoms with van der Waals surface area (Å²) in [5, 5.41) is 5.81. The van der Waals surface area contributed by atoms with Gasteiger partial charge in [0, 0.05) is 16.1 Å². The fraction of sp³-hybridized carbons (Fsp3) is 0.0667. The number of hydrogen-bond acceptors (Lipinski definition) is 4. The fourth-order valence-corrected chi connectivity index (χ4v) is 3.60. The third kappa shape index (κ3) is 7.22. The highest BCUT2D eigenvalue weighted by Crippen LogP contribution is 2.20. The molecule has 2 aromatic heterocycles. The van der Waals surface area contributed by atoms with Gasteiger partial charge in [-0.3, -0.25) is 19.6 Å². The van der Waals surface area contributed by atoms with E-state index >= 15 is 0 Å². The highest BCUT2D eigenvalue weighted by Gasteiger charge is 2.14. The third-order valence-corrected chi connectivity index (χ3v) is 5.49. The van der Waals surface area contributed by atoms with Crippen LogP contribution in [0.15, 0.2) is 104 Å². The second kappa shape index (κ2) is 13.0. The lowest BCUT2D eigenvalue weighted by molar-refractivity contribution is 0.102. The van der Waals surface area contributed by atoms with Crippen LogP contribution in [0.25, 0.3) is 11.1 Å². The zero-order valence-electron chi connectivity index (χ0n) is 20.7. The Morgan fingerprint density at radius 1 is 0.811 bits per heavy atom. The predicted molar refractivity (Wildman–Crippen MR) is 153 cm³/mol. The van der Waals surface area contributed by atoms with Gasteiger partial charge < -0.3 is 10.6 Å². The van der Waals surface area contributed by atoms with Crippen molar-refractivity contribution in [2.75, 3.05) is 10.6 Å². The Balaban J connectivity index is 1.73. The van der Waals surface area contributed by atoms with E-state index in [2.05, 4.69) is 33.8 Å². The Kier molecular flexibility index (Phi) is 9.47. The van der Waals surface area contributed by atoms with Crippen LogP contribution in [0.2, 0.25) is 5.02 Å². The van der Waals surface area contributed by atoms with E-state index in [1.165, 1.54) is 18.2 Å². The van der Waals surface area contributed by atoms with E-state index < -0.39 is 11.8 Å². The van der Waals surface area contributed by atoms with E-state index in [9.17, 15) is 9.59 Å². The molecule has 186 valence electrons. The Morgan fingerprint density at radius 2 is 1.32 bits per heavy atom. The first-order valence-corrected chi connectivity index (χ1v) is 11.9. The number of anilines is 2. The SMILES string of the molecule is C=C/C(=C\C)c1ccc(NC(=O)c2cc(Cl)cc(C(=O)Nc3ccc(/C(C=C)=C/C=C\C)nc3)c2)cn1. The van der Waals surface area contributed by atoms with Crippen molar-refractivity contribution in [1.82, 2.24) is 9.97 Å². The number of aromatic nitrogens is 2. The lowest BCUT2D eigenvalue weighted by Gasteiger charge is -2.10. The van der Waals surface area contributed by atoms with Gasteiger partial charge in [0.05, 0.1) is 35.2 Å². The number of amides is 2. The molecule has 0 spiro atoms. The highest BCUT2D eigenvalue weighted by atomic mass is 35.5. The van der Waals surface area contributed by atoms with Gasteiger partial charge in [-0.2, -0.15) is 0 Å². The summed E-state index contributed by atoms with van der Waals surface area (Å²) >= 11 is 6.22. The first-order valence-electron chi connectivity index (χ1n) is 11.5. The zero-order valence-corrected chi connectivity index (χ0v) is 21.4. The van der Waals surface area contributed by atoms with Crippen LogP contribution >= 0.6 is 11.6 Å². The molecule has 0 bridgehead atoms. The van der Waals surface area contributed by atoms with Crippen molar-refractivity contribution in [2.24, 2.45) is 0 Å². The molecule has 2 heterocycles. The maximum Gasteiger partial charge on any atom is 0.255 e. The summed E-state index contributed by atoms with van der Waals surface area (Å²) in [6.45, 7) is 11.4. The van der Waals surface area contributed by atoms with Gasteiger partial charge in [-0.05, 0) is 67.5 Å². The molecule has 2 amide bonds. The number of carbonyl (C=O) groups is 2. The Bertz CT molecular complexity index is 1400. The molecule has 3 aromatic rings. The second-order valence-electron chi connectivity index (χ2n) is 7.80. The number of rotatable bonds is 9. The van der Waals surface area contributed by atoms with Crippen LogP contribution in [0.5, 0.6) is 0 Å². The van der Waals surface area contributed by atoms with Crippen LogP contribution in [0.4, 0.5) is 11.4 Å². The van der Waals surface area contributed by atoms with E-state index in [1.54, 1.807) is 48.8 Å². The van der Waals surface area contributed by atoms with Gasteiger partial charge in [-0.1, -0.05) is 61.2 Å². The molecule has 0 saturated heterocycles. The molecule has 0 aliphatic carbocycles. The van der Waals surface area contributed by atoms with E-state index in [4.69, 9.17) is 11.6 Å². The summed E-state index contributed by atoms with van der Waals surface area (Å²) in [6, 6.07) is 11.5. The molecule has 0 aliphatic rings. The van der Waals surface area contributed by atoms with Gasteiger partial charge in [0.15, 0.2) is 0 Å². The Morgan fingerprint density at radius 3 is 1.73 bits per heavy atom. The molecule has 0 saturated carbocycles. The van der Waals surface area contributed by atoms with Gasteiger partial charge in [-0.15, -0.1) is 0 Å². The van der Waals surface area contributed by atoms with Crippen LogP contribution in [0.1, 0.15) is 46.0 Å². The van der Waals surface area contributed by atoms with Crippen molar-refractivity contribution >= 4 is 45.9 Å². The maximum absolute atomic E-state index is 12.9. The highest BCUT2D eigenvalue weighted by molar-refractivity contribution is 6.31. The van der Waals surface area contributed by atoms with E-state index in [0.29, 0.717) is 11.4 Å². The molecule has 37 heavy (non-hydrogen) atoms. The molecular formula is C30H27ClN4O2. The van der Waals surface area contributed by atoms with Crippen LogP contribution in [0, 0.1) is 0 Å². The molecule has 0 aliphatic heterocycles. The summed E-state index contributed by atoms with van der Waals surface area (Å²) < 4.78 is 0. The number of halogens is 1. The normalized spacial score (nSPS) is 11.8. The molecule has 1 aromatic carbocycles. The number of benzene rings is 1. The average Bonchev–Trinajstić information content (AvgIpc) is 2.91. The molecule has 7 heteroatoms. The van der Waals surface area contributed by atoms with Crippen molar-refractivity contribution in [2.45, 2.75) is 13.8 Å². The van der Waals surface area contributed by atoms with Gasteiger partial charge in [-0.25, -0.2) is 0 Å². The number of nitrogens with one attached hydrogen (secondary N) is 2. The average molecular weight is 511 g/mol. The lowest BCUT2D eigenvalue weighted by atomic mass is 10.1. The van der Waals surface area contributed by atoms with Crippen molar-refractivity contribution in [3.8, 4) is 0 Å². The van der Waals surface area contributed by atoms with Crippen LogP contribution in [-0.4, -0.2) is 21.8 Å². The van der Waals surface area contributed by atoms with Gasteiger partial charge >= 0.3 is 0 Å². The third-order valence-electron chi connectivity index (χ3n) is 5.28. The van der Waals surface area contributed by atoms with E-state index in [0.717, 1.165) is 22.5 Å². The number of hydrogen-bond donors (Lipinski definition) is 2. The largest absolute Gasteiger partial charge is 0.321 e. The van der Waals surface area contributed by atoms with Gasteiger partial charge in [0.2, 0.25) is 0 Å². The molecule has 2 N–H and O–H groups in total.